The van der Waals surface area contributed by atoms with Crippen molar-refractivity contribution >= 4 is 44.3 Å². The summed E-state index contributed by atoms with van der Waals surface area (Å²) in [7, 11) is -3.77. The molecule has 0 atom stereocenters. The van der Waals surface area contributed by atoms with Gasteiger partial charge in [-0.25, -0.2) is 24.0 Å². The number of carbonyl (C=O) groups is 1. The SMILES string of the molecule is CC1=NNC(=O)C2(CCCCC2)n2c1cc1cnc(Nc3ccc(S(N)(=O)=O)cc3)nc12. The molecule has 5 rings (SSSR count). The van der Waals surface area contributed by atoms with E-state index in [9.17, 15) is 13.2 Å². The number of nitrogens with zero attached hydrogens (tertiary/aromatic N) is 4. The molecule has 1 saturated carbocycles. The van der Waals surface area contributed by atoms with Crippen LogP contribution in [0.5, 0.6) is 0 Å². The van der Waals surface area contributed by atoms with Crippen molar-refractivity contribution in [1.29, 1.82) is 0 Å². The zero-order valence-electron chi connectivity index (χ0n) is 17.5. The number of sulfonamides is 1. The van der Waals surface area contributed by atoms with Crippen LogP contribution in [-0.2, 0) is 20.4 Å². The molecule has 0 bridgehead atoms. The monoisotopic (exact) mass is 453 g/mol. The average Bonchev–Trinajstić information content (AvgIpc) is 3.13. The number of carbonyl (C=O) groups excluding carboxylic acids is 1. The number of benzene rings is 1. The second-order valence-corrected chi connectivity index (χ2v) is 9.82. The Labute approximate surface area is 185 Å². The first-order valence-corrected chi connectivity index (χ1v) is 12.0. The number of anilines is 2. The molecule has 1 spiro atoms. The van der Waals surface area contributed by atoms with Crippen molar-refractivity contribution in [2.75, 3.05) is 5.32 Å². The third kappa shape index (κ3) is 3.33. The van der Waals surface area contributed by atoms with Gasteiger partial charge in [-0.15, -0.1) is 0 Å². The van der Waals surface area contributed by atoms with Crippen molar-refractivity contribution in [3.63, 3.8) is 0 Å². The lowest BCUT2D eigenvalue weighted by Gasteiger charge is -2.37. The number of rotatable bonds is 3. The van der Waals surface area contributed by atoms with Crippen molar-refractivity contribution in [1.82, 2.24) is 20.0 Å². The molecule has 2 aliphatic rings. The molecule has 10 nitrogen and oxygen atoms in total. The molecule has 0 radical (unpaired) electrons. The number of fused-ring (bicyclic) bond motifs is 4. The highest BCUT2D eigenvalue weighted by molar-refractivity contribution is 7.89. The molecule has 3 aromatic rings. The van der Waals surface area contributed by atoms with Gasteiger partial charge in [0.25, 0.3) is 5.91 Å². The molecule has 32 heavy (non-hydrogen) atoms. The molecular weight excluding hydrogens is 430 g/mol. The maximum Gasteiger partial charge on any atom is 0.266 e. The Kier molecular flexibility index (Phi) is 4.75. The molecule has 3 heterocycles. The number of primary sulfonamides is 1. The fraction of sp³-hybridized carbons (Fsp3) is 0.333. The van der Waals surface area contributed by atoms with Crippen LogP contribution in [0.1, 0.15) is 44.7 Å². The molecule has 11 heteroatoms. The Balaban J connectivity index is 1.60. The van der Waals surface area contributed by atoms with Crippen molar-refractivity contribution in [3.8, 4) is 0 Å². The van der Waals surface area contributed by atoms with Gasteiger partial charge >= 0.3 is 0 Å². The van der Waals surface area contributed by atoms with Gasteiger partial charge in [0.15, 0.2) is 0 Å². The fourth-order valence-corrected chi connectivity index (χ4v) is 5.11. The van der Waals surface area contributed by atoms with Crippen LogP contribution in [0.25, 0.3) is 11.0 Å². The van der Waals surface area contributed by atoms with Gasteiger partial charge < -0.3 is 9.88 Å². The van der Waals surface area contributed by atoms with E-state index in [0.29, 0.717) is 23.0 Å². The largest absolute Gasteiger partial charge is 0.324 e. The van der Waals surface area contributed by atoms with E-state index >= 15 is 0 Å². The van der Waals surface area contributed by atoms with Gasteiger partial charge in [0.05, 0.1) is 16.3 Å². The van der Waals surface area contributed by atoms with Gasteiger partial charge in [-0.2, -0.15) is 10.1 Å². The molecular formula is C21H23N7O3S. The first-order chi connectivity index (χ1) is 15.3. The van der Waals surface area contributed by atoms with E-state index in [4.69, 9.17) is 10.1 Å². The van der Waals surface area contributed by atoms with Crippen molar-refractivity contribution in [2.45, 2.75) is 49.5 Å². The van der Waals surface area contributed by atoms with Crippen molar-refractivity contribution in [2.24, 2.45) is 10.2 Å². The van der Waals surface area contributed by atoms with Gasteiger partial charge in [-0.3, -0.25) is 4.79 Å². The van der Waals surface area contributed by atoms with E-state index in [1.807, 2.05) is 17.6 Å². The summed E-state index contributed by atoms with van der Waals surface area (Å²) in [5.41, 5.74) is 4.84. The highest BCUT2D eigenvalue weighted by Crippen LogP contribution is 2.40. The van der Waals surface area contributed by atoms with E-state index in [-0.39, 0.29) is 10.8 Å². The summed E-state index contributed by atoms with van der Waals surface area (Å²) in [5, 5.41) is 13.4. The first-order valence-electron chi connectivity index (χ1n) is 10.4. The minimum atomic E-state index is -3.77. The van der Waals surface area contributed by atoms with Crippen LogP contribution < -0.4 is 15.9 Å². The summed E-state index contributed by atoms with van der Waals surface area (Å²) in [6.45, 7) is 1.87. The van der Waals surface area contributed by atoms with Crippen LogP contribution in [-0.4, -0.2) is 34.6 Å². The summed E-state index contributed by atoms with van der Waals surface area (Å²) in [4.78, 5) is 22.3. The maximum absolute atomic E-state index is 13.2. The maximum atomic E-state index is 13.2. The molecule has 166 valence electrons. The van der Waals surface area contributed by atoms with Gasteiger partial charge in [0.2, 0.25) is 16.0 Å². The van der Waals surface area contributed by atoms with Crippen LogP contribution >= 0.6 is 0 Å². The second-order valence-electron chi connectivity index (χ2n) is 8.26. The number of nitrogens with one attached hydrogen (secondary N) is 2. The molecule has 1 aliphatic carbocycles. The Bertz CT molecular complexity index is 1350. The predicted octanol–water partition coefficient (Wildman–Crippen LogP) is 2.34. The lowest BCUT2D eigenvalue weighted by molar-refractivity contribution is -0.131. The number of nitrogens with two attached hydrogens (primary N) is 1. The van der Waals surface area contributed by atoms with E-state index in [1.54, 1.807) is 18.3 Å². The number of aromatic nitrogens is 3. The Morgan fingerprint density at radius 3 is 2.56 bits per heavy atom. The topological polar surface area (TPSA) is 144 Å². The molecule has 1 aliphatic heterocycles. The molecule has 1 aromatic carbocycles. The van der Waals surface area contributed by atoms with Gasteiger partial charge in [-0.05, 0) is 50.1 Å². The number of hydrazone groups is 1. The Morgan fingerprint density at radius 2 is 1.88 bits per heavy atom. The summed E-state index contributed by atoms with van der Waals surface area (Å²) in [5.74, 6) is 0.228. The average molecular weight is 454 g/mol. The number of hydrogen-bond donors (Lipinski definition) is 3. The van der Waals surface area contributed by atoms with Crippen molar-refractivity contribution in [3.05, 3.63) is 42.2 Å². The minimum Gasteiger partial charge on any atom is -0.324 e. The van der Waals surface area contributed by atoms with Crippen LogP contribution in [0.15, 0.2) is 46.5 Å². The molecule has 1 amide bonds. The van der Waals surface area contributed by atoms with E-state index in [0.717, 1.165) is 43.2 Å². The fourth-order valence-electron chi connectivity index (χ4n) is 4.59. The smallest absolute Gasteiger partial charge is 0.266 e. The Hall–Kier alpha value is -3.31. The second kappa shape index (κ2) is 7.38. The quantitative estimate of drug-likeness (QED) is 0.555. The van der Waals surface area contributed by atoms with Crippen LogP contribution in [0.4, 0.5) is 11.6 Å². The summed E-state index contributed by atoms with van der Waals surface area (Å²) in [6.07, 6.45) is 6.17. The Morgan fingerprint density at radius 1 is 1.16 bits per heavy atom. The molecule has 0 unspecified atom stereocenters. The normalized spacial score (nSPS) is 18.1. The summed E-state index contributed by atoms with van der Waals surface area (Å²) < 4.78 is 25.0. The van der Waals surface area contributed by atoms with Gasteiger partial charge in [0.1, 0.15) is 11.2 Å². The summed E-state index contributed by atoms with van der Waals surface area (Å²) >= 11 is 0. The zero-order valence-corrected chi connectivity index (χ0v) is 18.3. The lowest BCUT2D eigenvalue weighted by atomic mass is 9.80. The van der Waals surface area contributed by atoms with Crippen LogP contribution in [0.2, 0.25) is 0 Å². The van der Waals surface area contributed by atoms with E-state index in [1.165, 1.54) is 12.1 Å². The van der Waals surface area contributed by atoms with Crippen molar-refractivity contribution < 1.29 is 13.2 Å². The molecule has 4 N–H and O–H groups in total. The van der Waals surface area contributed by atoms with Gasteiger partial charge in [-0.1, -0.05) is 19.3 Å². The number of hydrogen-bond acceptors (Lipinski definition) is 7. The highest BCUT2D eigenvalue weighted by Gasteiger charge is 2.45. The lowest BCUT2D eigenvalue weighted by Crippen LogP contribution is -2.48. The zero-order chi connectivity index (χ0) is 22.5. The summed E-state index contributed by atoms with van der Waals surface area (Å²) in [6, 6.07) is 7.99. The molecule has 2 aromatic heterocycles. The van der Waals surface area contributed by atoms with Crippen LogP contribution in [0.3, 0.4) is 0 Å². The predicted molar refractivity (Wildman–Crippen MR) is 120 cm³/mol. The number of amides is 1. The van der Waals surface area contributed by atoms with Crippen LogP contribution in [0, 0.1) is 0 Å². The van der Waals surface area contributed by atoms with Gasteiger partial charge in [0, 0.05) is 17.3 Å². The van der Waals surface area contributed by atoms with E-state index in [2.05, 4.69) is 20.8 Å². The third-order valence-corrected chi connectivity index (χ3v) is 7.14. The van der Waals surface area contributed by atoms with E-state index < -0.39 is 15.6 Å². The highest BCUT2D eigenvalue weighted by atomic mass is 32.2. The first kappa shape index (κ1) is 20.6. The third-order valence-electron chi connectivity index (χ3n) is 6.21. The standard InChI is InChI=1S/C21H23N7O3S/c1-13-17-11-14-12-23-20(24-15-5-7-16(8-6-15)32(22,30)31)25-18(14)28(17)21(19(29)27-26-13)9-3-2-4-10-21/h5-8,11-12H,2-4,9-10H2,1H3,(H,27,29)(H2,22,30,31)(H,23,24,25). The minimum absolute atomic E-state index is 0.0244. The molecule has 0 saturated heterocycles. The molecule has 1 fully saturated rings.